The van der Waals surface area contributed by atoms with E-state index in [4.69, 9.17) is 4.42 Å². The van der Waals surface area contributed by atoms with Crippen LogP contribution in [0.1, 0.15) is 22.8 Å². The molecule has 0 radical (unpaired) electrons. The van der Waals surface area contributed by atoms with E-state index >= 15 is 0 Å². The van der Waals surface area contributed by atoms with Crippen molar-refractivity contribution in [3.8, 4) is 0 Å². The van der Waals surface area contributed by atoms with Crippen LogP contribution in [0, 0.1) is 0 Å². The Balaban J connectivity index is 2.05. The first kappa shape index (κ1) is 14.1. The van der Waals surface area contributed by atoms with E-state index in [1.807, 2.05) is 37.3 Å². The predicted molar refractivity (Wildman–Crippen MR) is 84.0 cm³/mol. The molecule has 0 aliphatic heterocycles. The third kappa shape index (κ3) is 2.65. The average molecular weight is 296 g/mol. The van der Waals surface area contributed by atoms with Crippen LogP contribution >= 0.6 is 0 Å². The fraction of sp³-hybridized carbons (Fsp3) is 0.176. The molecule has 2 aromatic carbocycles. The lowest BCUT2D eigenvalue weighted by atomic mass is 10.2. The Morgan fingerprint density at radius 2 is 1.95 bits per heavy atom. The highest BCUT2D eigenvalue weighted by atomic mass is 16.4. The molecular weight excluding hydrogens is 280 g/mol. The molecule has 112 valence electrons. The minimum Gasteiger partial charge on any atom is -0.408 e. The van der Waals surface area contributed by atoms with Gasteiger partial charge in [0.25, 0.3) is 5.91 Å². The summed E-state index contributed by atoms with van der Waals surface area (Å²) in [6, 6.07) is 14.6. The number of nitrogens with one attached hydrogen (secondary N) is 1. The van der Waals surface area contributed by atoms with E-state index in [0.717, 1.165) is 5.56 Å². The van der Waals surface area contributed by atoms with Crippen molar-refractivity contribution < 1.29 is 9.21 Å². The number of carbonyl (C=O) groups excluding carboxylic acids is 1. The summed E-state index contributed by atoms with van der Waals surface area (Å²) in [5.74, 6) is -0.587. The number of aromatic nitrogens is 1. The van der Waals surface area contributed by atoms with E-state index in [2.05, 4.69) is 5.32 Å². The molecule has 0 fully saturated rings. The second-order valence-corrected chi connectivity index (χ2v) is 4.98. The second kappa shape index (κ2) is 5.89. The molecule has 0 bridgehead atoms. The van der Waals surface area contributed by atoms with Crippen LogP contribution in [0.4, 0.5) is 0 Å². The smallest absolute Gasteiger partial charge is 0.408 e. The van der Waals surface area contributed by atoms with E-state index in [1.165, 1.54) is 4.57 Å². The second-order valence-electron chi connectivity index (χ2n) is 4.98. The molecule has 0 aliphatic carbocycles. The van der Waals surface area contributed by atoms with Crippen LogP contribution in [0.5, 0.6) is 0 Å². The Labute approximate surface area is 127 Å². The van der Waals surface area contributed by atoms with Crippen LogP contribution < -0.4 is 11.1 Å². The van der Waals surface area contributed by atoms with Crippen molar-refractivity contribution >= 4 is 17.0 Å². The number of rotatable bonds is 4. The van der Waals surface area contributed by atoms with Gasteiger partial charge in [-0.25, -0.2) is 4.79 Å². The van der Waals surface area contributed by atoms with Crippen LogP contribution in [0.15, 0.2) is 57.7 Å². The van der Waals surface area contributed by atoms with Crippen LogP contribution in [0.2, 0.25) is 0 Å². The Kier molecular flexibility index (Phi) is 3.78. The first-order chi connectivity index (χ1) is 10.7. The molecule has 0 saturated heterocycles. The van der Waals surface area contributed by atoms with Gasteiger partial charge in [0, 0.05) is 12.1 Å². The zero-order valence-electron chi connectivity index (χ0n) is 12.2. The fourth-order valence-electron chi connectivity index (χ4n) is 2.38. The first-order valence-electron chi connectivity index (χ1n) is 7.14. The standard InChI is InChI=1S/C17H16N2O3/c1-2-18-16(20)13-8-9-15-14(10-13)19(17(21)22-15)11-12-6-4-3-5-7-12/h3-10H,2,11H2,1H3,(H,18,20). The van der Waals surface area contributed by atoms with Gasteiger partial charge in [-0.1, -0.05) is 30.3 Å². The van der Waals surface area contributed by atoms with E-state index in [1.54, 1.807) is 18.2 Å². The van der Waals surface area contributed by atoms with Gasteiger partial charge in [-0.15, -0.1) is 0 Å². The maximum absolute atomic E-state index is 12.0. The quantitative estimate of drug-likeness (QED) is 0.804. The van der Waals surface area contributed by atoms with Crippen molar-refractivity contribution in [1.82, 2.24) is 9.88 Å². The maximum atomic E-state index is 12.0. The van der Waals surface area contributed by atoms with Crippen molar-refractivity contribution in [2.75, 3.05) is 6.54 Å². The molecule has 0 unspecified atom stereocenters. The van der Waals surface area contributed by atoms with Gasteiger partial charge in [0.1, 0.15) is 0 Å². The summed E-state index contributed by atoms with van der Waals surface area (Å²) in [5.41, 5.74) is 2.61. The third-order valence-corrected chi connectivity index (χ3v) is 3.45. The normalized spacial score (nSPS) is 10.8. The van der Waals surface area contributed by atoms with Gasteiger partial charge in [0.2, 0.25) is 0 Å². The molecule has 5 nitrogen and oxygen atoms in total. The SMILES string of the molecule is CCNC(=O)c1ccc2oc(=O)n(Cc3ccccc3)c2c1. The topological polar surface area (TPSA) is 64.2 Å². The van der Waals surface area contributed by atoms with Crippen LogP contribution in [0.25, 0.3) is 11.1 Å². The number of hydrogen-bond donors (Lipinski definition) is 1. The largest absolute Gasteiger partial charge is 0.420 e. The molecule has 0 spiro atoms. The molecule has 1 aromatic heterocycles. The molecule has 3 rings (SSSR count). The minimum absolute atomic E-state index is 0.163. The van der Waals surface area contributed by atoms with E-state index in [0.29, 0.717) is 29.8 Å². The first-order valence-corrected chi connectivity index (χ1v) is 7.14. The fourth-order valence-corrected chi connectivity index (χ4v) is 2.38. The number of amides is 1. The molecular formula is C17H16N2O3. The molecule has 1 heterocycles. The van der Waals surface area contributed by atoms with Crippen molar-refractivity contribution in [3.05, 3.63) is 70.2 Å². The van der Waals surface area contributed by atoms with Gasteiger partial charge < -0.3 is 9.73 Å². The van der Waals surface area contributed by atoms with Gasteiger partial charge in [0.05, 0.1) is 12.1 Å². The van der Waals surface area contributed by atoms with Crippen molar-refractivity contribution in [2.45, 2.75) is 13.5 Å². The average Bonchev–Trinajstić information content (AvgIpc) is 2.84. The highest BCUT2D eigenvalue weighted by Crippen LogP contribution is 2.16. The van der Waals surface area contributed by atoms with Gasteiger partial charge in [0.15, 0.2) is 5.58 Å². The zero-order valence-corrected chi connectivity index (χ0v) is 12.2. The van der Waals surface area contributed by atoms with E-state index in [-0.39, 0.29) is 5.91 Å². The Hall–Kier alpha value is -2.82. The number of benzene rings is 2. The van der Waals surface area contributed by atoms with Crippen LogP contribution in [0.3, 0.4) is 0 Å². The van der Waals surface area contributed by atoms with E-state index in [9.17, 15) is 9.59 Å². The molecule has 1 N–H and O–H groups in total. The van der Waals surface area contributed by atoms with Crippen molar-refractivity contribution in [1.29, 1.82) is 0 Å². The summed E-state index contributed by atoms with van der Waals surface area (Å²) >= 11 is 0. The number of carbonyl (C=O) groups is 1. The molecule has 0 aliphatic rings. The number of fused-ring (bicyclic) bond motifs is 1. The number of nitrogens with zero attached hydrogens (tertiary/aromatic N) is 1. The summed E-state index contributed by atoms with van der Waals surface area (Å²) in [6.45, 7) is 2.82. The van der Waals surface area contributed by atoms with Gasteiger partial charge >= 0.3 is 5.76 Å². The Morgan fingerprint density at radius 1 is 1.18 bits per heavy atom. The predicted octanol–water partition coefficient (Wildman–Crippen LogP) is 2.39. The monoisotopic (exact) mass is 296 g/mol. The summed E-state index contributed by atoms with van der Waals surface area (Å²) in [6.07, 6.45) is 0. The van der Waals surface area contributed by atoms with Gasteiger partial charge in [-0.3, -0.25) is 9.36 Å². The molecule has 5 heteroatoms. The number of hydrogen-bond acceptors (Lipinski definition) is 3. The van der Waals surface area contributed by atoms with Gasteiger partial charge in [-0.2, -0.15) is 0 Å². The summed E-state index contributed by atoms with van der Waals surface area (Å²) in [4.78, 5) is 24.0. The lowest BCUT2D eigenvalue weighted by Crippen LogP contribution is -2.22. The highest BCUT2D eigenvalue weighted by Gasteiger charge is 2.13. The molecule has 0 atom stereocenters. The molecule has 22 heavy (non-hydrogen) atoms. The zero-order chi connectivity index (χ0) is 15.5. The lowest BCUT2D eigenvalue weighted by Gasteiger charge is -2.04. The van der Waals surface area contributed by atoms with Crippen LogP contribution in [-0.2, 0) is 6.54 Å². The third-order valence-electron chi connectivity index (χ3n) is 3.45. The minimum atomic E-state index is -0.424. The Bertz CT molecular complexity index is 862. The Morgan fingerprint density at radius 3 is 2.68 bits per heavy atom. The molecule has 3 aromatic rings. The van der Waals surface area contributed by atoms with Crippen molar-refractivity contribution in [2.24, 2.45) is 0 Å². The summed E-state index contributed by atoms with van der Waals surface area (Å²) in [5, 5.41) is 2.75. The van der Waals surface area contributed by atoms with Gasteiger partial charge in [-0.05, 0) is 30.7 Å². The van der Waals surface area contributed by atoms with Crippen LogP contribution in [-0.4, -0.2) is 17.0 Å². The molecule has 1 amide bonds. The lowest BCUT2D eigenvalue weighted by molar-refractivity contribution is 0.0956. The summed E-state index contributed by atoms with van der Waals surface area (Å²) < 4.78 is 6.78. The van der Waals surface area contributed by atoms with Crippen molar-refractivity contribution in [3.63, 3.8) is 0 Å². The highest BCUT2D eigenvalue weighted by molar-refractivity contribution is 5.97. The maximum Gasteiger partial charge on any atom is 0.420 e. The van der Waals surface area contributed by atoms with E-state index < -0.39 is 5.76 Å². The molecule has 0 saturated carbocycles. The summed E-state index contributed by atoms with van der Waals surface area (Å²) in [7, 11) is 0. The number of oxazole rings is 1.